The molecule has 1 N–H and O–H groups in total. The third kappa shape index (κ3) is 3.56. The van der Waals surface area contributed by atoms with E-state index in [4.69, 9.17) is 4.74 Å². The van der Waals surface area contributed by atoms with Gasteiger partial charge in [-0.25, -0.2) is 4.79 Å². The number of carbonyl (C=O) groups is 1. The zero-order valence-corrected chi connectivity index (χ0v) is 12.7. The van der Waals surface area contributed by atoms with E-state index in [0.29, 0.717) is 19.2 Å². The lowest BCUT2D eigenvalue weighted by molar-refractivity contribution is 0.0149. The summed E-state index contributed by atoms with van der Waals surface area (Å²) >= 11 is 0. The number of nitrogens with one attached hydrogen (secondary N) is 1. The van der Waals surface area contributed by atoms with Crippen molar-refractivity contribution in [3.8, 4) is 0 Å². The summed E-state index contributed by atoms with van der Waals surface area (Å²) in [6.07, 6.45) is 5.69. The Balaban J connectivity index is 1.51. The van der Waals surface area contributed by atoms with E-state index in [1.807, 2.05) is 13.1 Å². The highest BCUT2D eigenvalue weighted by atomic mass is 16.5. The van der Waals surface area contributed by atoms with Crippen LogP contribution in [0.4, 0.5) is 4.79 Å². The van der Waals surface area contributed by atoms with E-state index in [1.165, 1.54) is 24.0 Å². The van der Waals surface area contributed by atoms with Gasteiger partial charge in [-0.15, -0.1) is 0 Å². The van der Waals surface area contributed by atoms with Crippen LogP contribution < -0.4 is 5.32 Å². The highest BCUT2D eigenvalue weighted by molar-refractivity contribution is 5.74. The molecule has 1 aromatic carbocycles. The van der Waals surface area contributed by atoms with Gasteiger partial charge in [0.15, 0.2) is 0 Å². The third-order valence-corrected chi connectivity index (χ3v) is 4.55. The van der Waals surface area contributed by atoms with E-state index in [1.54, 1.807) is 4.90 Å². The van der Waals surface area contributed by atoms with Gasteiger partial charge in [-0.05, 0) is 24.0 Å². The van der Waals surface area contributed by atoms with E-state index in [9.17, 15) is 4.79 Å². The number of carbonyl (C=O) groups excluding carboxylic acids is 1. The lowest BCUT2D eigenvalue weighted by atomic mass is 9.99. The predicted molar refractivity (Wildman–Crippen MR) is 82.1 cm³/mol. The Labute approximate surface area is 126 Å². The van der Waals surface area contributed by atoms with Crippen molar-refractivity contribution < 1.29 is 9.53 Å². The quantitative estimate of drug-likeness (QED) is 0.929. The Hall–Kier alpha value is -1.55. The van der Waals surface area contributed by atoms with Crippen molar-refractivity contribution in [1.82, 2.24) is 10.2 Å². The van der Waals surface area contributed by atoms with Crippen LogP contribution in [0.15, 0.2) is 24.3 Å². The molecule has 1 aliphatic carbocycles. The zero-order valence-electron chi connectivity index (χ0n) is 12.7. The van der Waals surface area contributed by atoms with E-state index in [2.05, 4.69) is 23.5 Å². The smallest absolute Gasteiger partial charge is 0.317 e. The highest BCUT2D eigenvalue weighted by Crippen LogP contribution is 2.21. The molecular formula is C17H24N2O2. The van der Waals surface area contributed by atoms with Gasteiger partial charge in [0, 0.05) is 26.1 Å². The van der Waals surface area contributed by atoms with Gasteiger partial charge in [-0.2, -0.15) is 0 Å². The maximum Gasteiger partial charge on any atom is 0.317 e. The number of urea groups is 1. The van der Waals surface area contributed by atoms with Crippen LogP contribution in [0.3, 0.4) is 0 Å². The molecule has 0 saturated heterocycles. The van der Waals surface area contributed by atoms with Crippen LogP contribution in [-0.2, 0) is 17.8 Å². The molecular weight excluding hydrogens is 264 g/mol. The fraction of sp³-hybridized carbons (Fsp3) is 0.588. The topological polar surface area (TPSA) is 41.6 Å². The monoisotopic (exact) mass is 288 g/mol. The number of nitrogens with zero attached hydrogens (tertiary/aromatic N) is 1. The number of amides is 2. The molecule has 0 bridgehead atoms. The first-order valence-corrected chi connectivity index (χ1v) is 7.92. The normalized spacial score (nSPS) is 21.9. The summed E-state index contributed by atoms with van der Waals surface area (Å²) in [5.74, 6) is 0. The van der Waals surface area contributed by atoms with Gasteiger partial charge in [0.1, 0.15) is 0 Å². The summed E-state index contributed by atoms with van der Waals surface area (Å²) in [6, 6.07) is 8.78. The number of rotatable bonds is 3. The number of likely N-dealkylation sites (N-methyl/N-ethyl adjacent to an activating group) is 1. The summed E-state index contributed by atoms with van der Waals surface area (Å²) in [5, 5.41) is 3.12. The van der Waals surface area contributed by atoms with Gasteiger partial charge in [-0.1, -0.05) is 37.1 Å². The molecule has 1 atom stereocenters. The van der Waals surface area contributed by atoms with Gasteiger partial charge >= 0.3 is 6.03 Å². The molecule has 1 saturated carbocycles. The molecule has 1 aliphatic heterocycles. The lowest BCUT2D eigenvalue weighted by Crippen LogP contribution is -2.46. The van der Waals surface area contributed by atoms with Gasteiger partial charge in [0.2, 0.25) is 0 Å². The van der Waals surface area contributed by atoms with Crippen LogP contribution in [0.5, 0.6) is 0 Å². The molecule has 114 valence electrons. The Morgan fingerprint density at radius 3 is 2.76 bits per heavy atom. The van der Waals surface area contributed by atoms with E-state index < -0.39 is 0 Å². The van der Waals surface area contributed by atoms with Gasteiger partial charge < -0.3 is 15.0 Å². The molecule has 4 heteroatoms. The van der Waals surface area contributed by atoms with Gasteiger partial charge in [-0.3, -0.25) is 0 Å². The number of hydrogen-bond acceptors (Lipinski definition) is 2. The van der Waals surface area contributed by atoms with Gasteiger partial charge in [0.25, 0.3) is 0 Å². The largest absolute Gasteiger partial charge is 0.371 e. The molecule has 21 heavy (non-hydrogen) atoms. The molecule has 1 unspecified atom stereocenters. The molecule has 0 spiro atoms. The van der Waals surface area contributed by atoms with E-state index in [-0.39, 0.29) is 12.1 Å². The fourth-order valence-corrected chi connectivity index (χ4v) is 3.27. The standard InChI is InChI=1S/C17H24N2O2/c1-19(17(20)18-15-8-4-5-9-15)11-16-10-13-6-2-3-7-14(13)12-21-16/h2-3,6-7,15-16H,4-5,8-12H2,1H3,(H,18,20). The van der Waals surface area contributed by atoms with Gasteiger partial charge in [0.05, 0.1) is 12.7 Å². The minimum Gasteiger partial charge on any atom is -0.371 e. The SMILES string of the molecule is CN(CC1Cc2ccccc2CO1)C(=O)NC1CCCC1. The Kier molecular flexibility index (Phi) is 4.44. The molecule has 1 fully saturated rings. The van der Waals surface area contributed by atoms with Crippen LogP contribution in [0.1, 0.15) is 36.8 Å². The summed E-state index contributed by atoms with van der Waals surface area (Å²) in [4.78, 5) is 13.9. The molecule has 1 heterocycles. The first kappa shape index (κ1) is 14.4. The zero-order chi connectivity index (χ0) is 14.7. The van der Waals surface area contributed by atoms with E-state index >= 15 is 0 Å². The number of hydrogen-bond donors (Lipinski definition) is 1. The van der Waals surface area contributed by atoms with Crippen LogP contribution in [0.2, 0.25) is 0 Å². The van der Waals surface area contributed by atoms with Crippen LogP contribution >= 0.6 is 0 Å². The van der Waals surface area contributed by atoms with Crippen LogP contribution in [0.25, 0.3) is 0 Å². The number of ether oxygens (including phenoxy) is 1. The van der Waals surface area contributed by atoms with Crippen molar-refractivity contribution in [2.75, 3.05) is 13.6 Å². The van der Waals surface area contributed by atoms with Crippen molar-refractivity contribution in [3.05, 3.63) is 35.4 Å². The Bertz CT molecular complexity index is 497. The predicted octanol–water partition coefficient (Wildman–Crippen LogP) is 2.71. The maximum atomic E-state index is 12.2. The molecule has 1 aromatic rings. The average Bonchev–Trinajstić information content (AvgIpc) is 3.00. The first-order valence-electron chi connectivity index (χ1n) is 7.92. The molecule has 0 radical (unpaired) electrons. The second-order valence-corrected chi connectivity index (χ2v) is 6.22. The van der Waals surface area contributed by atoms with E-state index in [0.717, 1.165) is 19.3 Å². The fourth-order valence-electron chi connectivity index (χ4n) is 3.27. The highest BCUT2D eigenvalue weighted by Gasteiger charge is 2.24. The third-order valence-electron chi connectivity index (χ3n) is 4.55. The summed E-state index contributed by atoms with van der Waals surface area (Å²) in [7, 11) is 1.86. The summed E-state index contributed by atoms with van der Waals surface area (Å²) in [5.41, 5.74) is 2.62. The number of fused-ring (bicyclic) bond motifs is 1. The molecule has 2 amide bonds. The summed E-state index contributed by atoms with van der Waals surface area (Å²) in [6.45, 7) is 1.30. The molecule has 3 rings (SSSR count). The van der Waals surface area contributed by atoms with Crippen molar-refractivity contribution >= 4 is 6.03 Å². The Morgan fingerprint density at radius 2 is 2.00 bits per heavy atom. The second kappa shape index (κ2) is 6.48. The molecule has 4 nitrogen and oxygen atoms in total. The summed E-state index contributed by atoms with van der Waals surface area (Å²) < 4.78 is 5.87. The first-order chi connectivity index (χ1) is 10.2. The Morgan fingerprint density at radius 1 is 1.29 bits per heavy atom. The van der Waals surface area contributed by atoms with Crippen LogP contribution in [-0.4, -0.2) is 36.7 Å². The maximum absolute atomic E-state index is 12.2. The second-order valence-electron chi connectivity index (χ2n) is 6.22. The number of benzene rings is 1. The molecule has 0 aromatic heterocycles. The average molecular weight is 288 g/mol. The van der Waals surface area contributed by atoms with Crippen molar-refractivity contribution in [3.63, 3.8) is 0 Å². The molecule has 2 aliphatic rings. The van der Waals surface area contributed by atoms with Crippen molar-refractivity contribution in [2.45, 2.75) is 50.9 Å². The lowest BCUT2D eigenvalue weighted by Gasteiger charge is -2.29. The van der Waals surface area contributed by atoms with Crippen molar-refractivity contribution in [2.24, 2.45) is 0 Å². The van der Waals surface area contributed by atoms with Crippen molar-refractivity contribution in [1.29, 1.82) is 0 Å². The van der Waals surface area contributed by atoms with Crippen LogP contribution in [0, 0.1) is 0 Å². The minimum atomic E-state index is 0.0318. The minimum absolute atomic E-state index is 0.0318.